The van der Waals surface area contributed by atoms with Crippen molar-refractivity contribution in [2.24, 2.45) is 5.84 Å². The maximum atomic E-state index is 11.3. The van der Waals surface area contributed by atoms with Crippen LogP contribution in [0.2, 0.25) is 0 Å². The minimum absolute atomic E-state index is 0.0179. The first-order valence-electron chi connectivity index (χ1n) is 4.95. The van der Waals surface area contributed by atoms with Crippen LogP contribution in [0, 0.1) is 0 Å². The van der Waals surface area contributed by atoms with Crippen LogP contribution in [0.25, 0.3) is 0 Å². The fraction of sp³-hybridized carbons (Fsp3) is 0.0909. The molecule has 0 unspecified atom stereocenters. The zero-order valence-corrected chi connectivity index (χ0v) is 9.74. The summed E-state index contributed by atoms with van der Waals surface area (Å²) in [5.41, 5.74) is 2.07. The summed E-state index contributed by atoms with van der Waals surface area (Å²) in [5.74, 6) is 4.76. The average Bonchev–Trinajstić information content (AvgIpc) is 2.80. The number of carbonyl (C=O) groups excluding carboxylic acids is 1. The Morgan fingerprint density at radius 3 is 2.65 bits per heavy atom. The zero-order chi connectivity index (χ0) is 12.3. The van der Waals surface area contributed by atoms with Gasteiger partial charge in [0.15, 0.2) is 5.43 Å². The van der Waals surface area contributed by atoms with E-state index < -0.39 is 0 Å². The molecule has 0 fully saturated rings. The molecular formula is C11H11N3O2S. The van der Waals surface area contributed by atoms with Gasteiger partial charge in [-0.15, -0.1) is 11.3 Å². The summed E-state index contributed by atoms with van der Waals surface area (Å²) in [6, 6.07) is 6.60. The summed E-state index contributed by atoms with van der Waals surface area (Å²) in [4.78, 5) is 23.8. The van der Waals surface area contributed by atoms with Gasteiger partial charge in [-0.1, -0.05) is 0 Å². The van der Waals surface area contributed by atoms with Crippen molar-refractivity contribution in [1.82, 2.24) is 9.99 Å². The van der Waals surface area contributed by atoms with Gasteiger partial charge in [-0.05, 0) is 12.1 Å². The van der Waals surface area contributed by atoms with E-state index >= 15 is 0 Å². The van der Waals surface area contributed by atoms with E-state index in [4.69, 9.17) is 5.84 Å². The Bertz CT molecular complexity index is 568. The van der Waals surface area contributed by atoms with Crippen molar-refractivity contribution < 1.29 is 4.79 Å². The largest absolute Gasteiger partial charge is 0.349 e. The van der Waals surface area contributed by atoms with E-state index in [1.54, 1.807) is 18.5 Å². The van der Waals surface area contributed by atoms with Crippen LogP contribution in [0.4, 0.5) is 0 Å². The Morgan fingerprint density at radius 1 is 1.29 bits per heavy atom. The summed E-state index contributed by atoms with van der Waals surface area (Å²) in [7, 11) is 0. The third-order valence-electron chi connectivity index (χ3n) is 2.22. The molecule has 2 rings (SSSR count). The van der Waals surface area contributed by atoms with Gasteiger partial charge in [0.25, 0.3) is 5.91 Å². The van der Waals surface area contributed by atoms with Gasteiger partial charge in [0, 0.05) is 29.4 Å². The summed E-state index contributed by atoms with van der Waals surface area (Å²) >= 11 is 1.37. The van der Waals surface area contributed by atoms with E-state index in [-0.39, 0.29) is 11.3 Å². The molecule has 3 N–H and O–H groups in total. The van der Waals surface area contributed by atoms with Gasteiger partial charge < -0.3 is 4.57 Å². The van der Waals surface area contributed by atoms with Crippen molar-refractivity contribution in [1.29, 1.82) is 0 Å². The molecule has 0 aliphatic carbocycles. The number of nitrogens with zero attached hydrogens (tertiary/aromatic N) is 1. The summed E-state index contributed by atoms with van der Waals surface area (Å²) < 4.78 is 1.87. The fourth-order valence-electron chi connectivity index (χ4n) is 1.39. The van der Waals surface area contributed by atoms with Crippen molar-refractivity contribution in [2.45, 2.75) is 6.54 Å². The number of nitrogens with one attached hydrogen (secondary N) is 1. The lowest BCUT2D eigenvalue weighted by Crippen LogP contribution is -2.29. The van der Waals surface area contributed by atoms with Crippen LogP contribution in [0.5, 0.6) is 0 Å². The van der Waals surface area contributed by atoms with Crippen LogP contribution in [-0.2, 0) is 6.54 Å². The Morgan fingerprint density at radius 2 is 2.00 bits per heavy atom. The maximum Gasteiger partial charge on any atom is 0.275 e. The highest BCUT2D eigenvalue weighted by molar-refractivity contribution is 7.14. The number of thiophene rings is 1. The van der Waals surface area contributed by atoms with Crippen LogP contribution < -0.4 is 16.7 Å². The normalized spacial score (nSPS) is 10.2. The van der Waals surface area contributed by atoms with E-state index in [1.807, 2.05) is 10.6 Å². The minimum Gasteiger partial charge on any atom is -0.349 e. The number of carbonyl (C=O) groups is 1. The first-order valence-corrected chi connectivity index (χ1v) is 5.76. The summed E-state index contributed by atoms with van der Waals surface area (Å²) in [6.07, 6.45) is 3.43. The molecule has 0 atom stereocenters. The minimum atomic E-state index is -0.291. The molecule has 88 valence electrons. The molecule has 0 saturated heterocycles. The zero-order valence-electron chi connectivity index (χ0n) is 8.92. The number of nitrogen functional groups attached to an aromatic ring is 1. The number of pyridine rings is 1. The Hall–Kier alpha value is -1.92. The molecule has 2 heterocycles. The molecule has 5 nitrogen and oxygen atoms in total. The van der Waals surface area contributed by atoms with Crippen LogP contribution in [0.15, 0.2) is 41.5 Å². The van der Waals surface area contributed by atoms with Gasteiger partial charge >= 0.3 is 0 Å². The van der Waals surface area contributed by atoms with E-state index in [0.29, 0.717) is 11.4 Å². The van der Waals surface area contributed by atoms with Gasteiger partial charge in [-0.3, -0.25) is 15.0 Å². The van der Waals surface area contributed by atoms with Gasteiger partial charge in [0.05, 0.1) is 11.4 Å². The highest BCUT2D eigenvalue weighted by atomic mass is 32.1. The molecule has 0 radical (unpaired) electrons. The highest BCUT2D eigenvalue weighted by Gasteiger charge is 2.07. The lowest BCUT2D eigenvalue weighted by Gasteiger charge is -2.02. The third kappa shape index (κ3) is 2.80. The van der Waals surface area contributed by atoms with E-state index in [1.165, 1.54) is 23.5 Å². The number of rotatable bonds is 3. The van der Waals surface area contributed by atoms with Gasteiger partial charge in [0.2, 0.25) is 0 Å². The first-order chi connectivity index (χ1) is 8.19. The number of aromatic nitrogens is 1. The molecule has 6 heteroatoms. The van der Waals surface area contributed by atoms with Crippen molar-refractivity contribution >= 4 is 17.2 Å². The predicted octanol–water partition coefficient (Wildman–Crippen LogP) is 0.562. The molecule has 0 aliphatic rings. The predicted molar refractivity (Wildman–Crippen MR) is 65.8 cm³/mol. The number of hydrazine groups is 1. The van der Waals surface area contributed by atoms with E-state index in [2.05, 4.69) is 5.43 Å². The quantitative estimate of drug-likeness (QED) is 0.474. The Labute approximate surface area is 101 Å². The van der Waals surface area contributed by atoms with Crippen LogP contribution in [-0.4, -0.2) is 10.5 Å². The number of nitrogens with two attached hydrogens (primary N) is 1. The second-order valence-electron chi connectivity index (χ2n) is 3.45. The van der Waals surface area contributed by atoms with Gasteiger partial charge in [-0.2, -0.15) is 0 Å². The highest BCUT2D eigenvalue weighted by Crippen LogP contribution is 2.17. The third-order valence-corrected chi connectivity index (χ3v) is 3.28. The molecule has 0 bridgehead atoms. The molecule has 2 aromatic heterocycles. The molecule has 0 saturated carbocycles. The molecule has 1 amide bonds. The lowest BCUT2D eigenvalue weighted by atomic mass is 10.4. The van der Waals surface area contributed by atoms with Gasteiger partial charge in [0.1, 0.15) is 0 Å². The van der Waals surface area contributed by atoms with Crippen molar-refractivity contribution in [3.05, 3.63) is 56.6 Å². The smallest absolute Gasteiger partial charge is 0.275 e. The Kier molecular flexibility index (Phi) is 3.36. The van der Waals surface area contributed by atoms with Gasteiger partial charge in [-0.25, -0.2) is 5.84 Å². The number of hydrogen-bond acceptors (Lipinski definition) is 4. The molecule has 0 spiro atoms. The second kappa shape index (κ2) is 4.94. The number of amides is 1. The van der Waals surface area contributed by atoms with Crippen LogP contribution in [0.3, 0.4) is 0 Å². The molecule has 0 aliphatic heterocycles. The summed E-state index contributed by atoms with van der Waals surface area (Å²) in [5, 5.41) is 0. The van der Waals surface area contributed by atoms with E-state index in [9.17, 15) is 9.59 Å². The number of hydrogen-bond donors (Lipinski definition) is 2. The average molecular weight is 249 g/mol. The van der Waals surface area contributed by atoms with Crippen molar-refractivity contribution in [2.75, 3.05) is 0 Å². The topological polar surface area (TPSA) is 77.1 Å². The molecule has 0 aromatic carbocycles. The molecule has 2 aromatic rings. The monoisotopic (exact) mass is 249 g/mol. The molecule has 17 heavy (non-hydrogen) atoms. The molecular weight excluding hydrogens is 238 g/mol. The first kappa shape index (κ1) is 11.6. The van der Waals surface area contributed by atoms with E-state index in [0.717, 1.165) is 4.88 Å². The standard InChI is InChI=1S/C11H11N3O2S/c12-13-11(16)10-2-1-9(17-10)7-14-5-3-8(15)4-6-14/h1-6H,7,12H2,(H,13,16). The van der Waals surface area contributed by atoms with Crippen molar-refractivity contribution in [3.8, 4) is 0 Å². The fourth-order valence-corrected chi connectivity index (χ4v) is 2.30. The SMILES string of the molecule is NNC(=O)c1ccc(Cn2ccc(=O)cc2)s1. The van der Waals surface area contributed by atoms with Crippen LogP contribution in [0.1, 0.15) is 14.5 Å². The second-order valence-corrected chi connectivity index (χ2v) is 4.61. The van der Waals surface area contributed by atoms with Crippen molar-refractivity contribution in [3.63, 3.8) is 0 Å². The Balaban J connectivity index is 2.14. The maximum absolute atomic E-state index is 11.3. The lowest BCUT2D eigenvalue weighted by molar-refractivity contribution is 0.0957. The van der Waals surface area contributed by atoms with Crippen LogP contribution >= 0.6 is 11.3 Å². The summed E-state index contributed by atoms with van der Waals surface area (Å²) in [6.45, 7) is 0.628.